The van der Waals surface area contributed by atoms with E-state index in [1.54, 1.807) is 6.07 Å². The number of nitrogens with zero attached hydrogens (tertiary/aromatic N) is 2. The monoisotopic (exact) mass is 378 g/mol. The second-order valence-electron chi connectivity index (χ2n) is 5.32. The number of carbonyl (C=O) groups excluding carboxylic acids is 1. The number of thiazole rings is 1. The molecule has 1 aromatic carbocycles. The van der Waals surface area contributed by atoms with Gasteiger partial charge in [0.15, 0.2) is 23.2 Å². The van der Waals surface area contributed by atoms with Gasteiger partial charge in [-0.15, -0.1) is 11.3 Å². The quantitative estimate of drug-likeness (QED) is 0.618. The highest BCUT2D eigenvalue weighted by Crippen LogP contribution is 2.38. The van der Waals surface area contributed by atoms with Gasteiger partial charge in [-0.25, -0.2) is 4.98 Å². The van der Waals surface area contributed by atoms with Crippen LogP contribution in [-0.2, 0) is 0 Å². The lowest BCUT2D eigenvalue weighted by atomic mass is 9.99. The Balaban J connectivity index is 2.40. The summed E-state index contributed by atoms with van der Waals surface area (Å²) in [5.74, 6) is -0.507. The number of rotatable bonds is 8. The van der Waals surface area contributed by atoms with Crippen LogP contribution in [0.4, 0.5) is 0 Å². The molecule has 25 heavy (non-hydrogen) atoms. The van der Waals surface area contributed by atoms with Crippen molar-refractivity contribution in [3.8, 4) is 17.6 Å². The fourth-order valence-corrected chi connectivity index (χ4v) is 3.32. The number of aromatic nitrogens is 1. The third-order valence-corrected chi connectivity index (χ3v) is 4.63. The van der Waals surface area contributed by atoms with Gasteiger partial charge >= 0.3 is 0 Å². The SMILES string of the molecule is CCCOc1c(Cl)cc(C(=O)C(C#N)c2nc(C)cs2)cc1OCC. The number of carbonyl (C=O) groups is 1. The molecule has 0 spiro atoms. The van der Waals surface area contributed by atoms with Crippen molar-refractivity contribution in [1.82, 2.24) is 4.98 Å². The molecule has 1 atom stereocenters. The van der Waals surface area contributed by atoms with Gasteiger partial charge in [0.05, 0.1) is 24.3 Å². The molecule has 1 unspecified atom stereocenters. The predicted octanol–water partition coefficient (Wildman–Crippen LogP) is 4.78. The van der Waals surface area contributed by atoms with Crippen LogP contribution in [0.5, 0.6) is 11.5 Å². The number of aryl methyl sites for hydroxylation is 1. The molecule has 132 valence electrons. The largest absolute Gasteiger partial charge is 0.490 e. The molecule has 7 heteroatoms. The van der Waals surface area contributed by atoms with E-state index in [1.807, 2.05) is 32.2 Å². The summed E-state index contributed by atoms with van der Waals surface area (Å²) >= 11 is 7.59. The Hall–Kier alpha value is -2.10. The maximum Gasteiger partial charge on any atom is 0.187 e. The van der Waals surface area contributed by atoms with E-state index in [9.17, 15) is 10.1 Å². The van der Waals surface area contributed by atoms with Crippen molar-refractivity contribution < 1.29 is 14.3 Å². The second-order valence-corrected chi connectivity index (χ2v) is 6.62. The fraction of sp³-hybridized carbons (Fsp3) is 0.389. The molecular weight excluding hydrogens is 360 g/mol. The third kappa shape index (κ3) is 4.50. The van der Waals surface area contributed by atoms with E-state index in [4.69, 9.17) is 21.1 Å². The summed E-state index contributed by atoms with van der Waals surface area (Å²) in [5.41, 5.74) is 1.08. The van der Waals surface area contributed by atoms with Crippen molar-refractivity contribution in [2.24, 2.45) is 0 Å². The Morgan fingerprint density at radius 1 is 1.40 bits per heavy atom. The van der Waals surface area contributed by atoms with Crippen molar-refractivity contribution in [3.63, 3.8) is 0 Å². The average molecular weight is 379 g/mol. The lowest BCUT2D eigenvalue weighted by molar-refractivity contribution is 0.0978. The van der Waals surface area contributed by atoms with E-state index < -0.39 is 5.92 Å². The van der Waals surface area contributed by atoms with Gasteiger partial charge in [0.25, 0.3) is 0 Å². The minimum absolute atomic E-state index is 0.287. The second kappa shape index (κ2) is 8.84. The molecule has 0 bridgehead atoms. The first-order valence-corrected chi connectivity index (χ1v) is 9.22. The van der Waals surface area contributed by atoms with Crippen LogP contribution in [0.2, 0.25) is 5.02 Å². The lowest BCUT2D eigenvalue weighted by Gasteiger charge is -2.15. The molecule has 1 heterocycles. The van der Waals surface area contributed by atoms with Gasteiger partial charge in [-0.2, -0.15) is 5.26 Å². The van der Waals surface area contributed by atoms with Gasteiger partial charge < -0.3 is 9.47 Å². The third-order valence-electron chi connectivity index (χ3n) is 3.32. The first-order valence-electron chi connectivity index (χ1n) is 7.96. The topological polar surface area (TPSA) is 72.2 Å². The van der Waals surface area contributed by atoms with Crippen LogP contribution in [0, 0.1) is 18.3 Å². The zero-order chi connectivity index (χ0) is 18.4. The van der Waals surface area contributed by atoms with E-state index in [0.29, 0.717) is 35.3 Å². The summed E-state index contributed by atoms with van der Waals surface area (Å²) in [4.78, 5) is 17.1. The van der Waals surface area contributed by atoms with Crippen molar-refractivity contribution in [2.75, 3.05) is 13.2 Å². The van der Waals surface area contributed by atoms with E-state index >= 15 is 0 Å². The zero-order valence-electron chi connectivity index (χ0n) is 14.3. The summed E-state index contributed by atoms with van der Waals surface area (Å²) < 4.78 is 11.2. The number of ketones is 1. The molecule has 0 aliphatic heterocycles. The number of benzene rings is 1. The van der Waals surface area contributed by atoms with E-state index in [2.05, 4.69) is 4.98 Å². The molecule has 2 aromatic rings. The normalized spacial score (nSPS) is 11.6. The molecular formula is C18H19ClN2O3S. The molecule has 1 aromatic heterocycles. The molecule has 0 saturated heterocycles. The molecule has 0 amide bonds. The van der Waals surface area contributed by atoms with Crippen molar-refractivity contribution >= 4 is 28.7 Å². The van der Waals surface area contributed by atoms with Gasteiger partial charge in [0, 0.05) is 16.6 Å². The Morgan fingerprint density at radius 2 is 2.16 bits per heavy atom. The maximum atomic E-state index is 12.8. The minimum Gasteiger partial charge on any atom is -0.490 e. The molecule has 0 aliphatic carbocycles. The lowest BCUT2D eigenvalue weighted by Crippen LogP contribution is -2.12. The number of hydrogen-bond acceptors (Lipinski definition) is 6. The smallest absolute Gasteiger partial charge is 0.187 e. The zero-order valence-corrected chi connectivity index (χ0v) is 15.9. The predicted molar refractivity (Wildman–Crippen MR) is 97.9 cm³/mol. The van der Waals surface area contributed by atoms with Crippen molar-refractivity contribution in [1.29, 1.82) is 5.26 Å². The Bertz CT molecular complexity index is 798. The average Bonchev–Trinajstić information content (AvgIpc) is 3.01. The highest BCUT2D eigenvalue weighted by atomic mass is 35.5. The summed E-state index contributed by atoms with van der Waals surface area (Å²) in [7, 11) is 0. The Kier molecular flexibility index (Phi) is 6.80. The standard InChI is InChI=1S/C18H19ClN2O3S/c1-4-6-24-17-14(19)7-12(8-15(17)23-5-2)16(22)13(9-20)18-21-11(3)10-25-18/h7-8,10,13H,4-6H2,1-3H3. The van der Waals surface area contributed by atoms with Crippen LogP contribution in [0.15, 0.2) is 17.5 Å². The summed E-state index contributed by atoms with van der Waals surface area (Å²) in [5, 5.41) is 12.0. The summed E-state index contributed by atoms with van der Waals surface area (Å²) in [6, 6.07) is 5.13. The van der Waals surface area contributed by atoms with Crippen LogP contribution in [0.3, 0.4) is 0 Å². The highest BCUT2D eigenvalue weighted by Gasteiger charge is 2.26. The van der Waals surface area contributed by atoms with Gasteiger partial charge in [-0.1, -0.05) is 18.5 Å². The van der Waals surface area contributed by atoms with Crippen molar-refractivity contribution in [2.45, 2.75) is 33.1 Å². The van der Waals surface area contributed by atoms with E-state index in [1.165, 1.54) is 17.4 Å². The number of hydrogen-bond donors (Lipinski definition) is 0. The van der Waals surface area contributed by atoms with Crippen LogP contribution >= 0.6 is 22.9 Å². The minimum atomic E-state index is -0.966. The molecule has 5 nitrogen and oxygen atoms in total. The molecule has 0 aliphatic rings. The maximum absolute atomic E-state index is 12.8. The first kappa shape index (κ1) is 19.2. The van der Waals surface area contributed by atoms with Gasteiger partial charge in [-0.3, -0.25) is 4.79 Å². The van der Waals surface area contributed by atoms with Crippen LogP contribution in [0.1, 0.15) is 47.2 Å². The van der Waals surface area contributed by atoms with Crippen LogP contribution in [-0.4, -0.2) is 24.0 Å². The van der Waals surface area contributed by atoms with Crippen molar-refractivity contribution in [3.05, 3.63) is 38.8 Å². The molecule has 0 saturated carbocycles. The number of Topliss-reactive ketones (excluding diaryl/α,β-unsaturated/α-hetero) is 1. The van der Waals surface area contributed by atoms with Gasteiger partial charge in [-0.05, 0) is 32.4 Å². The molecule has 0 fully saturated rings. The number of halogens is 1. The Morgan fingerprint density at radius 3 is 2.72 bits per heavy atom. The first-order chi connectivity index (χ1) is 12.0. The fourth-order valence-electron chi connectivity index (χ4n) is 2.21. The van der Waals surface area contributed by atoms with E-state index in [0.717, 1.165) is 12.1 Å². The summed E-state index contributed by atoms with van der Waals surface area (Å²) in [6.07, 6.45) is 0.822. The number of nitriles is 1. The number of ether oxygens (including phenoxy) is 2. The molecule has 0 N–H and O–H groups in total. The summed E-state index contributed by atoms with van der Waals surface area (Å²) in [6.45, 7) is 6.54. The van der Waals surface area contributed by atoms with Crippen LogP contribution < -0.4 is 9.47 Å². The highest BCUT2D eigenvalue weighted by molar-refractivity contribution is 7.10. The molecule has 0 radical (unpaired) electrons. The van der Waals surface area contributed by atoms with Crippen LogP contribution in [0.25, 0.3) is 0 Å². The Labute approximate surface area is 156 Å². The van der Waals surface area contributed by atoms with Gasteiger partial charge in [0.1, 0.15) is 5.01 Å². The molecule has 2 rings (SSSR count). The van der Waals surface area contributed by atoms with E-state index in [-0.39, 0.29) is 10.8 Å². The van der Waals surface area contributed by atoms with Gasteiger partial charge in [0.2, 0.25) is 0 Å².